The molecule has 0 aliphatic carbocycles. The van der Waals surface area contributed by atoms with Crippen LogP contribution in [0.2, 0.25) is 0 Å². The lowest BCUT2D eigenvalue weighted by molar-refractivity contribution is -0.125. The highest BCUT2D eigenvalue weighted by Crippen LogP contribution is 2.11. The molecule has 0 aromatic heterocycles. The van der Waals surface area contributed by atoms with Crippen molar-refractivity contribution in [3.8, 4) is 0 Å². The zero-order chi connectivity index (χ0) is 14.4. The van der Waals surface area contributed by atoms with Crippen molar-refractivity contribution in [1.82, 2.24) is 10.2 Å². The average molecular weight is 275 g/mol. The Bertz CT molecular complexity index is 421. The Morgan fingerprint density at radius 3 is 2.85 bits per heavy atom. The number of nitrogens with two attached hydrogens (primary N) is 1. The first-order valence-electron chi connectivity index (χ1n) is 7.42. The van der Waals surface area contributed by atoms with Gasteiger partial charge in [0.05, 0.1) is 5.92 Å². The van der Waals surface area contributed by atoms with Crippen molar-refractivity contribution >= 4 is 5.91 Å². The fourth-order valence-corrected chi connectivity index (χ4v) is 2.78. The van der Waals surface area contributed by atoms with Crippen LogP contribution in [-0.4, -0.2) is 43.5 Å². The lowest BCUT2D eigenvalue weighted by Gasteiger charge is -2.31. The third-order valence-electron chi connectivity index (χ3n) is 3.95. The van der Waals surface area contributed by atoms with Crippen molar-refractivity contribution < 1.29 is 4.79 Å². The topological polar surface area (TPSA) is 58.4 Å². The molecule has 1 fully saturated rings. The third kappa shape index (κ3) is 4.32. The highest BCUT2D eigenvalue weighted by Gasteiger charge is 2.23. The summed E-state index contributed by atoms with van der Waals surface area (Å²) in [6.07, 6.45) is 2.93. The number of rotatable bonds is 5. The smallest absolute Gasteiger partial charge is 0.224 e. The Morgan fingerprint density at radius 1 is 1.45 bits per heavy atom. The largest absolute Gasteiger partial charge is 0.352 e. The van der Waals surface area contributed by atoms with Crippen molar-refractivity contribution in [2.24, 2.45) is 11.7 Å². The van der Waals surface area contributed by atoms with Gasteiger partial charge < -0.3 is 16.0 Å². The quantitative estimate of drug-likeness (QED) is 0.843. The first kappa shape index (κ1) is 15.0. The van der Waals surface area contributed by atoms with E-state index in [1.165, 1.54) is 5.56 Å². The van der Waals surface area contributed by atoms with E-state index < -0.39 is 0 Å². The van der Waals surface area contributed by atoms with Crippen LogP contribution in [0, 0.1) is 5.92 Å². The van der Waals surface area contributed by atoms with Crippen LogP contribution in [0.5, 0.6) is 0 Å². The number of piperidine rings is 1. The van der Waals surface area contributed by atoms with Crippen LogP contribution in [0.25, 0.3) is 0 Å². The number of nitrogens with one attached hydrogen (secondary N) is 1. The lowest BCUT2D eigenvalue weighted by atomic mass is 9.97. The highest BCUT2D eigenvalue weighted by atomic mass is 16.2. The predicted molar refractivity (Wildman–Crippen MR) is 81.4 cm³/mol. The van der Waals surface area contributed by atoms with Crippen LogP contribution in [-0.2, 0) is 11.2 Å². The van der Waals surface area contributed by atoms with E-state index in [0.717, 1.165) is 25.9 Å². The minimum Gasteiger partial charge on any atom is -0.352 e. The van der Waals surface area contributed by atoms with Crippen LogP contribution in [0.3, 0.4) is 0 Å². The zero-order valence-corrected chi connectivity index (χ0v) is 12.2. The molecule has 2 rings (SSSR count). The lowest BCUT2D eigenvalue weighted by Crippen LogP contribution is -2.49. The van der Waals surface area contributed by atoms with Crippen LogP contribution in [0.1, 0.15) is 18.4 Å². The van der Waals surface area contributed by atoms with Gasteiger partial charge in [-0.05, 0) is 38.4 Å². The van der Waals surface area contributed by atoms with Crippen molar-refractivity contribution in [3.63, 3.8) is 0 Å². The van der Waals surface area contributed by atoms with Crippen LogP contribution >= 0.6 is 0 Å². The van der Waals surface area contributed by atoms with E-state index in [-0.39, 0.29) is 17.9 Å². The van der Waals surface area contributed by atoms with Gasteiger partial charge in [-0.15, -0.1) is 0 Å². The van der Waals surface area contributed by atoms with Crippen LogP contribution in [0.4, 0.5) is 0 Å². The van der Waals surface area contributed by atoms with E-state index in [0.29, 0.717) is 13.0 Å². The molecule has 0 spiro atoms. The molecule has 4 nitrogen and oxygen atoms in total. The van der Waals surface area contributed by atoms with Crippen molar-refractivity contribution in [3.05, 3.63) is 35.9 Å². The summed E-state index contributed by atoms with van der Waals surface area (Å²) in [5, 5.41) is 3.16. The van der Waals surface area contributed by atoms with Gasteiger partial charge in [-0.2, -0.15) is 0 Å². The third-order valence-corrected chi connectivity index (χ3v) is 3.95. The molecule has 0 saturated carbocycles. The number of hydrogen-bond donors (Lipinski definition) is 2. The second-order valence-electron chi connectivity index (χ2n) is 5.73. The molecule has 2 unspecified atom stereocenters. The molecule has 1 aliphatic heterocycles. The number of carbonyl (C=O) groups excluding carboxylic acids is 1. The summed E-state index contributed by atoms with van der Waals surface area (Å²) in [6, 6.07) is 10.3. The molecule has 4 heteroatoms. The molecule has 0 radical (unpaired) electrons. The maximum Gasteiger partial charge on any atom is 0.224 e. The Balaban J connectivity index is 1.88. The van der Waals surface area contributed by atoms with Gasteiger partial charge >= 0.3 is 0 Å². The SMILES string of the molecule is CN1CCCC(NC(=O)C(CN)Cc2ccccc2)C1. The summed E-state index contributed by atoms with van der Waals surface area (Å²) >= 11 is 0. The maximum absolute atomic E-state index is 12.3. The summed E-state index contributed by atoms with van der Waals surface area (Å²) in [5.41, 5.74) is 6.95. The number of likely N-dealkylation sites (N-methyl/N-ethyl adjacent to an activating group) is 1. The zero-order valence-electron chi connectivity index (χ0n) is 12.2. The Morgan fingerprint density at radius 2 is 2.20 bits per heavy atom. The molecule has 1 aromatic carbocycles. The highest BCUT2D eigenvalue weighted by molar-refractivity contribution is 5.79. The predicted octanol–water partition coefficient (Wildman–Crippen LogP) is 1.01. The number of amides is 1. The summed E-state index contributed by atoms with van der Waals surface area (Å²) in [6.45, 7) is 2.45. The van der Waals surface area contributed by atoms with Gasteiger partial charge in [-0.1, -0.05) is 30.3 Å². The van der Waals surface area contributed by atoms with E-state index in [1.54, 1.807) is 0 Å². The first-order valence-corrected chi connectivity index (χ1v) is 7.42. The van der Waals surface area contributed by atoms with Crippen molar-refractivity contribution in [1.29, 1.82) is 0 Å². The van der Waals surface area contributed by atoms with Gasteiger partial charge in [-0.3, -0.25) is 4.79 Å². The second kappa shape index (κ2) is 7.41. The molecular formula is C16H25N3O. The first-order chi connectivity index (χ1) is 9.69. The maximum atomic E-state index is 12.3. The molecule has 20 heavy (non-hydrogen) atoms. The fourth-order valence-electron chi connectivity index (χ4n) is 2.78. The van der Waals surface area contributed by atoms with E-state index in [1.807, 2.05) is 30.3 Å². The van der Waals surface area contributed by atoms with Crippen LogP contribution in [0.15, 0.2) is 30.3 Å². The molecule has 1 aromatic rings. The van der Waals surface area contributed by atoms with Gasteiger partial charge in [0.15, 0.2) is 0 Å². The Labute approximate surface area is 121 Å². The molecule has 2 atom stereocenters. The van der Waals surface area contributed by atoms with E-state index in [9.17, 15) is 4.79 Å². The van der Waals surface area contributed by atoms with Crippen molar-refractivity contribution in [2.45, 2.75) is 25.3 Å². The molecule has 1 aliphatic rings. The molecule has 1 amide bonds. The minimum atomic E-state index is -0.135. The standard InChI is InChI=1S/C16H25N3O/c1-19-9-5-8-15(12-19)18-16(20)14(11-17)10-13-6-3-2-4-7-13/h2-4,6-7,14-15H,5,8-12,17H2,1H3,(H,18,20). The van der Waals surface area contributed by atoms with Gasteiger partial charge in [-0.25, -0.2) is 0 Å². The van der Waals surface area contributed by atoms with Gasteiger partial charge in [0.1, 0.15) is 0 Å². The fraction of sp³-hybridized carbons (Fsp3) is 0.562. The number of hydrogen-bond acceptors (Lipinski definition) is 3. The van der Waals surface area contributed by atoms with E-state index in [2.05, 4.69) is 17.3 Å². The molecule has 110 valence electrons. The Kier molecular flexibility index (Phi) is 5.56. The number of carbonyl (C=O) groups is 1. The summed E-state index contributed by atoms with van der Waals surface area (Å²) in [7, 11) is 2.10. The molecule has 1 heterocycles. The normalized spacial score (nSPS) is 21.4. The molecule has 0 bridgehead atoms. The average Bonchev–Trinajstić information content (AvgIpc) is 2.45. The molecular weight excluding hydrogens is 250 g/mol. The molecule has 3 N–H and O–H groups in total. The summed E-state index contributed by atoms with van der Waals surface area (Å²) < 4.78 is 0. The summed E-state index contributed by atoms with van der Waals surface area (Å²) in [4.78, 5) is 14.6. The van der Waals surface area contributed by atoms with Crippen molar-refractivity contribution in [2.75, 3.05) is 26.7 Å². The number of nitrogens with zero attached hydrogens (tertiary/aromatic N) is 1. The van der Waals surface area contributed by atoms with Crippen LogP contribution < -0.4 is 11.1 Å². The van der Waals surface area contributed by atoms with Gasteiger partial charge in [0.25, 0.3) is 0 Å². The van der Waals surface area contributed by atoms with Gasteiger partial charge in [0, 0.05) is 19.1 Å². The van der Waals surface area contributed by atoms with Gasteiger partial charge in [0.2, 0.25) is 5.91 Å². The van der Waals surface area contributed by atoms with E-state index >= 15 is 0 Å². The van der Waals surface area contributed by atoms with E-state index in [4.69, 9.17) is 5.73 Å². The summed E-state index contributed by atoms with van der Waals surface area (Å²) in [5.74, 6) is -0.0405. The number of likely N-dealkylation sites (tertiary alicyclic amines) is 1. The Hall–Kier alpha value is -1.39. The monoisotopic (exact) mass is 275 g/mol. The second-order valence-corrected chi connectivity index (χ2v) is 5.73. The minimum absolute atomic E-state index is 0.0941. The molecule has 1 saturated heterocycles. The number of benzene rings is 1.